The van der Waals surface area contributed by atoms with Crippen molar-refractivity contribution in [2.75, 3.05) is 0 Å². The number of aldehydes is 1. The molecular formula is C13H17ClN2O3. The summed E-state index contributed by atoms with van der Waals surface area (Å²) in [6.45, 7) is 6.80. The van der Waals surface area contributed by atoms with Gasteiger partial charge in [-0.2, -0.15) is 0 Å². The van der Waals surface area contributed by atoms with E-state index in [1.54, 1.807) is 39.8 Å². The van der Waals surface area contributed by atoms with Crippen LogP contribution in [-0.2, 0) is 15.1 Å². The maximum Gasteiger partial charge on any atom is 0.408 e. The van der Waals surface area contributed by atoms with E-state index in [9.17, 15) is 9.59 Å². The second kappa shape index (κ2) is 5.57. The Hall–Kier alpha value is -1.62. The summed E-state index contributed by atoms with van der Waals surface area (Å²) < 4.78 is 5.13. The van der Waals surface area contributed by atoms with Gasteiger partial charge in [-0.1, -0.05) is 17.7 Å². The van der Waals surface area contributed by atoms with Gasteiger partial charge in [-0.15, -0.1) is 0 Å². The Labute approximate surface area is 117 Å². The van der Waals surface area contributed by atoms with E-state index in [2.05, 4.69) is 10.3 Å². The first-order valence-corrected chi connectivity index (χ1v) is 6.13. The number of hydrogen-bond acceptors (Lipinski definition) is 4. The molecule has 1 amide bonds. The highest BCUT2D eigenvalue weighted by Gasteiger charge is 2.30. The van der Waals surface area contributed by atoms with Crippen LogP contribution in [0.4, 0.5) is 4.79 Å². The van der Waals surface area contributed by atoms with Crippen LogP contribution in [0, 0.1) is 0 Å². The molecule has 0 saturated heterocycles. The predicted octanol–water partition coefficient (Wildman–Crippen LogP) is 2.67. The molecule has 5 nitrogen and oxygen atoms in total. The molecule has 0 aliphatic rings. The van der Waals surface area contributed by atoms with Crippen LogP contribution in [0.3, 0.4) is 0 Å². The minimum Gasteiger partial charge on any atom is -0.444 e. The van der Waals surface area contributed by atoms with Gasteiger partial charge in [0.05, 0.1) is 0 Å². The van der Waals surface area contributed by atoms with Gasteiger partial charge in [0.1, 0.15) is 22.6 Å². The van der Waals surface area contributed by atoms with Gasteiger partial charge in [-0.05, 0) is 33.8 Å². The summed E-state index contributed by atoms with van der Waals surface area (Å²) >= 11 is 5.69. The summed E-state index contributed by atoms with van der Waals surface area (Å²) in [5.74, 6) is 0. The van der Waals surface area contributed by atoms with Crippen LogP contribution in [-0.4, -0.2) is 23.0 Å². The topological polar surface area (TPSA) is 68.3 Å². The lowest BCUT2D eigenvalue weighted by Crippen LogP contribution is -2.47. The number of alkyl carbamates (subject to hydrolysis) is 1. The molecule has 1 aromatic rings. The third-order valence-corrected chi connectivity index (χ3v) is 2.55. The van der Waals surface area contributed by atoms with Gasteiger partial charge >= 0.3 is 6.09 Å². The van der Waals surface area contributed by atoms with Gasteiger partial charge in [-0.3, -0.25) is 0 Å². The number of rotatable bonds is 3. The standard InChI is InChI=1S/C13H17ClN2O3/c1-12(2,3)19-11(18)16-13(4,8-17)9-5-6-10(14)15-7-9/h5-8H,1-4H3,(H,16,18)/t13-/m0/s1. The van der Waals surface area contributed by atoms with Crippen molar-refractivity contribution >= 4 is 24.0 Å². The quantitative estimate of drug-likeness (QED) is 0.684. The summed E-state index contributed by atoms with van der Waals surface area (Å²) in [6, 6.07) is 3.18. The Kier molecular flexibility index (Phi) is 4.52. The molecule has 6 heteroatoms. The molecule has 0 bridgehead atoms. The molecule has 0 unspecified atom stereocenters. The number of amides is 1. The first kappa shape index (κ1) is 15.4. The van der Waals surface area contributed by atoms with Crippen molar-refractivity contribution in [3.63, 3.8) is 0 Å². The Balaban J connectivity index is 2.89. The lowest BCUT2D eigenvalue weighted by atomic mass is 9.95. The number of aromatic nitrogens is 1. The molecule has 0 aliphatic carbocycles. The largest absolute Gasteiger partial charge is 0.444 e. The van der Waals surface area contributed by atoms with E-state index in [1.165, 1.54) is 6.20 Å². The normalized spacial score (nSPS) is 14.4. The fourth-order valence-electron chi connectivity index (χ4n) is 1.37. The van der Waals surface area contributed by atoms with Crippen LogP contribution in [0.2, 0.25) is 5.15 Å². The van der Waals surface area contributed by atoms with E-state index in [-0.39, 0.29) is 0 Å². The summed E-state index contributed by atoms with van der Waals surface area (Å²) in [6.07, 6.45) is 1.40. The molecule has 1 rings (SSSR count). The first-order valence-electron chi connectivity index (χ1n) is 5.76. The number of ether oxygens (including phenoxy) is 1. The van der Waals surface area contributed by atoms with Crippen molar-refractivity contribution in [1.82, 2.24) is 10.3 Å². The minimum absolute atomic E-state index is 0.314. The number of hydrogen-bond donors (Lipinski definition) is 1. The number of carbonyl (C=O) groups is 2. The van der Waals surface area contributed by atoms with E-state index < -0.39 is 17.2 Å². The van der Waals surface area contributed by atoms with Crippen molar-refractivity contribution < 1.29 is 14.3 Å². The van der Waals surface area contributed by atoms with Crippen LogP contribution in [0.25, 0.3) is 0 Å². The third-order valence-electron chi connectivity index (χ3n) is 2.32. The molecule has 104 valence electrons. The lowest BCUT2D eigenvalue weighted by molar-refractivity contribution is -0.113. The number of pyridine rings is 1. The summed E-state index contributed by atoms with van der Waals surface area (Å²) in [5, 5.41) is 2.84. The van der Waals surface area contributed by atoms with Crippen LogP contribution in [0.15, 0.2) is 18.3 Å². The molecular weight excluding hydrogens is 268 g/mol. The predicted molar refractivity (Wildman–Crippen MR) is 72.0 cm³/mol. The van der Waals surface area contributed by atoms with Crippen LogP contribution in [0.5, 0.6) is 0 Å². The van der Waals surface area contributed by atoms with Crippen molar-refractivity contribution in [3.8, 4) is 0 Å². The minimum atomic E-state index is -1.21. The molecule has 1 aromatic heterocycles. The van der Waals surface area contributed by atoms with Crippen molar-refractivity contribution in [3.05, 3.63) is 29.0 Å². The number of carbonyl (C=O) groups excluding carboxylic acids is 2. The van der Waals surface area contributed by atoms with E-state index in [4.69, 9.17) is 16.3 Å². The van der Waals surface area contributed by atoms with Gasteiger partial charge in [-0.25, -0.2) is 9.78 Å². The Morgan fingerprint density at radius 1 is 1.37 bits per heavy atom. The molecule has 0 fully saturated rings. The van der Waals surface area contributed by atoms with Crippen LogP contribution >= 0.6 is 11.6 Å². The highest BCUT2D eigenvalue weighted by Crippen LogP contribution is 2.20. The molecule has 1 N–H and O–H groups in total. The zero-order valence-corrected chi connectivity index (χ0v) is 12.1. The summed E-state index contributed by atoms with van der Waals surface area (Å²) in [4.78, 5) is 26.9. The Morgan fingerprint density at radius 2 is 2.00 bits per heavy atom. The first-order chi connectivity index (χ1) is 8.66. The maximum atomic E-state index is 11.7. The fourth-order valence-corrected chi connectivity index (χ4v) is 1.48. The highest BCUT2D eigenvalue weighted by molar-refractivity contribution is 6.29. The molecule has 1 heterocycles. The Morgan fingerprint density at radius 3 is 2.42 bits per heavy atom. The van der Waals surface area contributed by atoms with E-state index >= 15 is 0 Å². The smallest absolute Gasteiger partial charge is 0.408 e. The van der Waals surface area contributed by atoms with Crippen LogP contribution in [0.1, 0.15) is 33.3 Å². The third kappa shape index (κ3) is 4.52. The lowest BCUT2D eigenvalue weighted by Gasteiger charge is -2.27. The van der Waals surface area contributed by atoms with E-state index in [1.807, 2.05) is 0 Å². The molecule has 0 spiro atoms. The van der Waals surface area contributed by atoms with Crippen molar-refractivity contribution in [2.45, 2.75) is 38.8 Å². The van der Waals surface area contributed by atoms with E-state index in [0.29, 0.717) is 17.0 Å². The second-order valence-corrected chi connectivity index (χ2v) is 5.70. The maximum absolute atomic E-state index is 11.7. The zero-order chi connectivity index (χ0) is 14.7. The summed E-state index contributed by atoms with van der Waals surface area (Å²) in [7, 11) is 0. The molecule has 0 saturated carbocycles. The molecule has 19 heavy (non-hydrogen) atoms. The number of nitrogens with zero attached hydrogens (tertiary/aromatic N) is 1. The molecule has 0 radical (unpaired) electrons. The van der Waals surface area contributed by atoms with Gasteiger partial charge in [0, 0.05) is 11.8 Å². The monoisotopic (exact) mass is 284 g/mol. The van der Waals surface area contributed by atoms with Gasteiger partial charge < -0.3 is 14.8 Å². The Bertz CT molecular complexity index is 468. The summed E-state index contributed by atoms with van der Waals surface area (Å²) in [5.41, 5.74) is -1.32. The average Bonchev–Trinajstić information content (AvgIpc) is 2.26. The number of halogens is 1. The molecule has 1 atom stereocenters. The van der Waals surface area contributed by atoms with Gasteiger partial charge in [0.15, 0.2) is 0 Å². The SMILES string of the molecule is CC(C)(C)OC(=O)N[C@@](C)(C=O)c1ccc(Cl)nc1. The molecule has 0 aromatic carbocycles. The fraction of sp³-hybridized carbons (Fsp3) is 0.462. The average molecular weight is 285 g/mol. The van der Waals surface area contributed by atoms with Crippen molar-refractivity contribution in [1.29, 1.82) is 0 Å². The van der Waals surface area contributed by atoms with E-state index in [0.717, 1.165) is 0 Å². The second-order valence-electron chi connectivity index (χ2n) is 5.32. The van der Waals surface area contributed by atoms with Crippen molar-refractivity contribution in [2.24, 2.45) is 0 Å². The number of nitrogens with one attached hydrogen (secondary N) is 1. The molecule has 0 aliphatic heterocycles. The van der Waals surface area contributed by atoms with Gasteiger partial charge in [0.2, 0.25) is 0 Å². The zero-order valence-electron chi connectivity index (χ0n) is 11.4. The van der Waals surface area contributed by atoms with Crippen LogP contribution < -0.4 is 5.32 Å². The van der Waals surface area contributed by atoms with Gasteiger partial charge in [0.25, 0.3) is 0 Å². The highest BCUT2D eigenvalue weighted by atomic mass is 35.5.